The first kappa shape index (κ1) is 36.3. The Morgan fingerprint density at radius 1 is 0.224 bits per heavy atom. The van der Waals surface area contributed by atoms with Crippen molar-refractivity contribution in [3.05, 3.63) is 248 Å². The van der Waals surface area contributed by atoms with Crippen molar-refractivity contribution in [1.29, 1.82) is 0 Å². The van der Waals surface area contributed by atoms with Gasteiger partial charge in [-0.2, -0.15) is 0 Å². The number of halogens is 1. The molecule has 9 aromatic rings. The zero-order valence-electron chi connectivity index (χ0n) is 31.8. The Morgan fingerprint density at radius 3 is 0.931 bits per heavy atom. The van der Waals surface area contributed by atoms with Crippen molar-refractivity contribution in [3.63, 3.8) is 0 Å². The molecule has 0 spiro atoms. The van der Waals surface area contributed by atoms with Crippen LogP contribution in [0.5, 0.6) is 0 Å². The number of hydrogen-bond donors (Lipinski definition) is 0. The van der Waals surface area contributed by atoms with Gasteiger partial charge in [-0.3, -0.25) is 0 Å². The molecule has 9 rings (SSSR count). The molecule has 3 nitrogen and oxygen atoms in total. The van der Waals surface area contributed by atoms with Crippen molar-refractivity contribution >= 4 is 62.8 Å². The molecule has 0 heterocycles. The van der Waals surface area contributed by atoms with E-state index in [4.69, 9.17) is 11.6 Å². The minimum Gasteiger partial charge on any atom is -0.310 e. The fraction of sp³-hybridized carbons (Fsp3) is 0. The molecule has 4 heteroatoms. The molecular weight excluding hydrogens is 726 g/mol. The van der Waals surface area contributed by atoms with Crippen LogP contribution in [0, 0.1) is 0 Å². The molecule has 0 atom stereocenters. The van der Waals surface area contributed by atoms with Gasteiger partial charge in [0.05, 0.1) is 16.4 Å². The van der Waals surface area contributed by atoms with Crippen molar-refractivity contribution in [2.24, 2.45) is 0 Å². The Kier molecular flexibility index (Phi) is 10.5. The molecule has 0 aliphatic carbocycles. The second-order valence-electron chi connectivity index (χ2n) is 14.0. The minimum atomic E-state index is 0.620. The molecule has 0 radical (unpaired) electrons. The van der Waals surface area contributed by atoms with Crippen molar-refractivity contribution in [3.8, 4) is 22.3 Å². The van der Waals surface area contributed by atoms with Gasteiger partial charge in [-0.1, -0.05) is 163 Å². The van der Waals surface area contributed by atoms with Gasteiger partial charge in [-0.05, 0) is 113 Å². The standard InChI is InChI=1S/C54H40ClN3/c55-54-52(57(47-30-14-5-15-31-47)51-35-18-34-50(40-51)56(45-26-10-3-11-27-45)46-28-12-4-13-29-46)36-19-37-53(54)58(48-32-16-24-43(38-48)41-20-6-1-7-21-41)49-33-17-25-44(39-49)42-22-8-2-9-23-42/h1-40H. The van der Waals surface area contributed by atoms with Crippen LogP contribution in [-0.2, 0) is 0 Å². The third-order valence-electron chi connectivity index (χ3n) is 10.3. The smallest absolute Gasteiger partial charge is 0.0887 e. The second-order valence-corrected chi connectivity index (χ2v) is 14.4. The van der Waals surface area contributed by atoms with Gasteiger partial charge in [0.1, 0.15) is 0 Å². The van der Waals surface area contributed by atoms with Crippen molar-refractivity contribution in [2.75, 3.05) is 14.7 Å². The van der Waals surface area contributed by atoms with Crippen molar-refractivity contribution in [1.82, 2.24) is 0 Å². The van der Waals surface area contributed by atoms with Crippen molar-refractivity contribution < 1.29 is 0 Å². The quantitative estimate of drug-likeness (QED) is 0.130. The molecular formula is C54H40ClN3. The number of benzene rings is 9. The molecule has 0 unspecified atom stereocenters. The van der Waals surface area contributed by atoms with E-state index >= 15 is 0 Å². The predicted octanol–water partition coefficient (Wildman–Crippen LogP) is 16.1. The molecule has 278 valence electrons. The van der Waals surface area contributed by atoms with E-state index in [2.05, 4.69) is 239 Å². The zero-order chi connectivity index (χ0) is 39.1. The topological polar surface area (TPSA) is 9.72 Å². The summed E-state index contributed by atoms with van der Waals surface area (Å²) in [5.74, 6) is 0. The SMILES string of the molecule is Clc1c(N(c2cccc(-c3ccccc3)c2)c2cccc(-c3ccccc3)c2)cccc1N(c1ccccc1)c1cccc(N(c2ccccc2)c2ccccc2)c1. The van der Waals surface area contributed by atoms with Gasteiger partial charge in [-0.25, -0.2) is 0 Å². The number of nitrogens with zero attached hydrogens (tertiary/aromatic N) is 3. The first-order valence-corrected chi connectivity index (χ1v) is 19.8. The predicted molar refractivity (Wildman–Crippen MR) is 246 cm³/mol. The Balaban J connectivity index is 1.22. The summed E-state index contributed by atoms with van der Waals surface area (Å²) in [7, 11) is 0. The van der Waals surface area contributed by atoms with Gasteiger partial charge in [-0.15, -0.1) is 0 Å². The fourth-order valence-electron chi connectivity index (χ4n) is 7.57. The summed E-state index contributed by atoms with van der Waals surface area (Å²) >= 11 is 7.81. The molecule has 9 aromatic carbocycles. The molecule has 0 N–H and O–H groups in total. The number of rotatable bonds is 11. The molecule has 0 saturated carbocycles. The average Bonchev–Trinajstić information content (AvgIpc) is 3.30. The highest BCUT2D eigenvalue weighted by Crippen LogP contribution is 2.48. The van der Waals surface area contributed by atoms with Gasteiger partial charge in [0.15, 0.2) is 0 Å². The van der Waals surface area contributed by atoms with E-state index in [9.17, 15) is 0 Å². The molecule has 0 saturated heterocycles. The minimum absolute atomic E-state index is 0.620. The van der Waals surface area contributed by atoms with Crippen LogP contribution in [0.25, 0.3) is 22.3 Å². The van der Waals surface area contributed by atoms with Crippen LogP contribution in [0.2, 0.25) is 5.02 Å². The van der Waals surface area contributed by atoms with Crippen LogP contribution in [0.4, 0.5) is 51.2 Å². The zero-order valence-corrected chi connectivity index (χ0v) is 32.6. The van der Waals surface area contributed by atoms with Crippen LogP contribution in [0.3, 0.4) is 0 Å². The number of para-hydroxylation sites is 3. The van der Waals surface area contributed by atoms with Crippen LogP contribution in [0.1, 0.15) is 0 Å². The normalized spacial score (nSPS) is 10.8. The third kappa shape index (κ3) is 7.60. The highest BCUT2D eigenvalue weighted by atomic mass is 35.5. The monoisotopic (exact) mass is 765 g/mol. The van der Waals surface area contributed by atoms with E-state index in [-0.39, 0.29) is 0 Å². The summed E-state index contributed by atoms with van der Waals surface area (Å²) in [5, 5.41) is 0.620. The maximum absolute atomic E-state index is 7.81. The maximum Gasteiger partial charge on any atom is 0.0887 e. The summed E-state index contributed by atoms with van der Waals surface area (Å²) < 4.78 is 0. The highest BCUT2D eigenvalue weighted by molar-refractivity contribution is 6.36. The summed E-state index contributed by atoms with van der Waals surface area (Å²) in [6.45, 7) is 0. The highest BCUT2D eigenvalue weighted by Gasteiger charge is 2.24. The van der Waals surface area contributed by atoms with E-state index in [0.717, 1.165) is 73.4 Å². The van der Waals surface area contributed by atoms with Gasteiger partial charge >= 0.3 is 0 Å². The lowest BCUT2D eigenvalue weighted by molar-refractivity contribution is 1.24. The average molecular weight is 766 g/mol. The third-order valence-corrected chi connectivity index (χ3v) is 10.6. The molecule has 0 amide bonds. The number of anilines is 9. The maximum atomic E-state index is 7.81. The molecule has 0 bridgehead atoms. The molecule has 0 aliphatic rings. The van der Waals surface area contributed by atoms with Crippen LogP contribution in [0.15, 0.2) is 243 Å². The first-order chi connectivity index (χ1) is 28.7. The van der Waals surface area contributed by atoms with Crippen molar-refractivity contribution in [2.45, 2.75) is 0 Å². The fourth-order valence-corrected chi connectivity index (χ4v) is 7.86. The lowest BCUT2D eigenvalue weighted by atomic mass is 10.0. The number of hydrogen-bond acceptors (Lipinski definition) is 3. The first-order valence-electron chi connectivity index (χ1n) is 19.5. The summed E-state index contributed by atoms with van der Waals surface area (Å²) in [6, 6.07) is 84.8. The van der Waals surface area contributed by atoms with Crippen LogP contribution >= 0.6 is 11.6 Å². The molecule has 58 heavy (non-hydrogen) atoms. The van der Waals surface area contributed by atoms with Gasteiger partial charge in [0.2, 0.25) is 0 Å². The second kappa shape index (κ2) is 16.8. The van der Waals surface area contributed by atoms with E-state index in [1.807, 2.05) is 18.2 Å². The summed E-state index contributed by atoms with van der Waals surface area (Å²) in [6.07, 6.45) is 0. The van der Waals surface area contributed by atoms with Gasteiger partial charge in [0, 0.05) is 39.8 Å². The van der Waals surface area contributed by atoms with E-state index in [1.165, 1.54) is 0 Å². The Labute approximate surface area is 345 Å². The molecule has 0 aliphatic heterocycles. The lowest BCUT2D eigenvalue weighted by Gasteiger charge is -2.32. The molecule has 0 aromatic heterocycles. The summed E-state index contributed by atoms with van der Waals surface area (Å²) in [4.78, 5) is 6.81. The van der Waals surface area contributed by atoms with Crippen LogP contribution in [-0.4, -0.2) is 0 Å². The van der Waals surface area contributed by atoms with E-state index in [1.54, 1.807) is 0 Å². The lowest BCUT2D eigenvalue weighted by Crippen LogP contribution is -2.15. The van der Waals surface area contributed by atoms with E-state index < -0.39 is 0 Å². The van der Waals surface area contributed by atoms with E-state index in [0.29, 0.717) is 5.02 Å². The largest absolute Gasteiger partial charge is 0.310 e. The van der Waals surface area contributed by atoms with Crippen LogP contribution < -0.4 is 14.7 Å². The summed E-state index contributed by atoms with van der Waals surface area (Å²) in [5.41, 5.74) is 13.4. The Morgan fingerprint density at radius 2 is 0.500 bits per heavy atom. The Bertz CT molecular complexity index is 2620. The molecule has 0 fully saturated rings. The van der Waals surface area contributed by atoms with Gasteiger partial charge < -0.3 is 14.7 Å². The van der Waals surface area contributed by atoms with Gasteiger partial charge in [0.25, 0.3) is 0 Å². The Hall–Kier alpha value is -7.33.